The van der Waals surface area contributed by atoms with Crippen molar-refractivity contribution in [3.05, 3.63) is 69.7 Å². The molecule has 0 aliphatic heterocycles. The lowest BCUT2D eigenvalue weighted by Crippen LogP contribution is -2.48. The summed E-state index contributed by atoms with van der Waals surface area (Å²) in [6.45, 7) is 4.77. The van der Waals surface area contributed by atoms with Gasteiger partial charge in [-0.2, -0.15) is 0 Å². The number of thioether (sulfide) groups is 1. The van der Waals surface area contributed by atoms with Gasteiger partial charge in [0.2, 0.25) is 11.8 Å². The minimum absolute atomic E-state index is 0.0712. The van der Waals surface area contributed by atoms with Gasteiger partial charge in [-0.1, -0.05) is 66.5 Å². The summed E-state index contributed by atoms with van der Waals surface area (Å²) in [5.74, 6) is 0.708. The number of carbonyl (C=O) groups excluding carboxylic acids is 2. The van der Waals surface area contributed by atoms with Crippen LogP contribution >= 0.6 is 35.0 Å². The zero-order chi connectivity index (χ0) is 21.2. The first-order chi connectivity index (χ1) is 13.9. The average Bonchev–Trinajstić information content (AvgIpc) is 2.73. The third kappa shape index (κ3) is 7.57. The summed E-state index contributed by atoms with van der Waals surface area (Å²) in [5.41, 5.74) is 1.99. The zero-order valence-electron chi connectivity index (χ0n) is 16.7. The van der Waals surface area contributed by atoms with E-state index in [1.807, 2.05) is 49.4 Å². The molecule has 2 amide bonds. The zero-order valence-corrected chi connectivity index (χ0v) is 19.0. The Balaban J connectivity index is 2.02. The molecule has 2 aromatic rings. The van der Waals surface area contributed by atoms with Crippen molar-refractivity contribution >= 4 is 46.8 Å². The molecule has 2 aromatic carbocycles. The lowest BCUT2D eigenvalue weighted by molar-refractivity contribution is -0.138. The molecule has 0 saturated heterocycles. The van der Waals surface area contributed by atoms with Crippen molar-refractivity contribution in [2.45, 2.75) is 38.6 Å². The van der Waals surface area contributed by atoms with Crippen LogP contribution in [-0.4, -0.2) is 35.1 Å². The third-order valence-corrected chi connectivity index (χ3v) is 6.12. The summed E-state index contributed by atoms with van der Waals surface area (Å²) in [5, 5.41) is 3.89. The largest absolute Gasteiger partial charge is 0.354 e. The molecule has 4 nitrogen and oxygen atoms in total. The van der Waals surface area contributed by atoms with E-state index < -0.39 is 6.04 Å². The van der Waals surface area contributed by atoms with Crippen molar-refractivity contribution in [2.75, 3.05) is 12.3 Å². The second kappa shape index (κ2) is 12.1. The van der Waals surface area contributed by atoms with Gasteiger partial charge in [-0.25, -0.2) is 0 Å². The van der Waals surface area contributed by atoms with Gasteiger partial charge in [0, 0.05) is 18.8 Å². The van der Waals surface area contributed by atoms with Crippen molar-refractivity contribution in [2.24, 2.45) is 0 Å². The molecule has 29 heavy (non-hydrogen) atoms. The van der Waals surface area contributed by atoms with Crippen molar-refractivity contribution in [3.8, 4) is 0 Å². The minimum Gasteiger partial charge on any atom is -0.354 e. The van der Waals surface area contributed by atoms with Crippen LogP contribution in [0.5, 0.6) is 0 Å². The molecule has 1 atom stereocenters. The quantitative estimate of drug-likeness (QED) is 0.540. The van der Waals surface area contributed by atoms with E-state index in [1.54, 1.807) is 17.9 Å². The van der Waals surface area contributed by atoms with Crippen LogP contribution in [0.1, 0.15) is 31.4 Å². The van der Waals surface area contributed by atoms with Crippen molar-refractivity contribution in [3.63, 3.8) is 0 Å². The molecular formula is C22H26Cl2N2O2S. The molecule has 1 unspecified atom stereocenters. The van der Waals surface area contributed by atoms with Crippen LogP contribution in [0.25, 0.3) is 0 Å². The number of benzene rings is 2. The summed E-state index contributed by atoms with van der Waals surface area (Å²) in [6.07, 6.45) is 0.852. The molecule has 156 valence electrons. The summed E-state index contributed by atoms with van der Waals surface area (Å²) in [6, 6.07) is 14.6. The lowest BCUT2D eigenvalue weighted by atomic mass is 10.1. The number of rotatable bonds is 10. The first-order valence-corrected chi connectivity index (χ1v) is 11.5. The van der Waals surface area contributed by atoms with E-state index in [-0.39, 0.29) is 17.6 Å². The first kappa shape index (κ1) is 23.6. The summed E-state index contributed by atoms with van der Waals surface area (Å²) in [7, 11) is 0. The topological polar surface area (TPSA) is 49.4 Å². The van der Waals surface area contributed by atoms with Crippen molar-refractivity contribution < 1.29 is 9.59 Å². The Morgan fingerprint density at radius 2 is 1.79 bits per heavy atom. The number of halogens is 2. The Bertz CT molecular complexity index is 818. The van der Waals surface area contributed by atoms with Crippen LogP contribution in [0.2, 0.25) is 10.0 Å². The van der Waals surface area contributed by atoms with Crippen LogP contribution in [-0.2, 0) is 21.9 Å². The van der Waals surface area contributed by atoms with Crippen LogP contribution in [0.3, 0.4) is 0 Å². The average molecular weight is 453 g/mol. The Hall–Kier alpha value is -1.69. The molecule has 0 fully saturated rings. The van der Waals surface area contributed by atoms with Crippen LogP contribution in [0.4, 0.5) is 0 Å². The van der Waals surface area contributed by atoms with Crippen LogP contribution in [0, 0.1) is 0 Å². The minimum atomic E-state index is -0.542. The molecule has 7 heteroatoms. The Morgan fingerprint density at radius 1 is 1.07 bits per heavy atom. The fraction of sp³-hybridized carbons (Fsp3) is 0.364. The van der Waals surface area contributed by atoms with Gasteiger partial charge in [-0.3, -0.25) is 9.59 Å². The number of hydrogen-bond donors (Lipinski definition) is 1. The highest BCUT2D eigenvalue weighted by Crippen LogP contribution is 2.25. The molecule has 0 radical (unpaired) electrons. The van der Waals surface area contributed by atoms with Crippen molar-refractivity contribution in [1.29, 1.82) is 0 Å². The number of amides is 2. The smallest absolute Gasteiger partial charge is 0.242 e. The maximum Gasteiger partial charge on any atom is 0.242 e. The molecule has 0 saturated carbocycles. The van der Waals surface area contributed by atoms with E-state index in [0.29, 0.717) is 28.9 Å². The van der Waals surface area contributed by atoms with Gasteiger partial charge in [-0.15, -0.1) is 11.8 Å². The number of nitrogens with zero attached hydrogens (tertiary/aromatic N) is 1. The normalized spacial score (nSPS) is 11.7. The molecule has 0 spiro atoms. The van der Waals surface area contributed by atoms with Gasteiger partial charge in [0.25, 0.3) is 0 Å². The fourth-order valence-corrected chi connectivity index (χ4v) is 3.91. The van der Waals surface area contributed by atoms with Crippen LogP contribution < -0.4 is 5.32 Å². The van der Waals surface area contributed by atoms with Gasteiger partial charge in [0.05, 0.1) is 15.8 Å². The van der Waals surface area contributed by atoms with Gasteiger partial charge < -0.3 is 10.2 Å². The second-order valence-electron chi connectivity index (χ2n) is 6.72. The monoisotopic (exact) mass is 452 g/mol. The van der Waals surface area contributed by atoms with E-state index in [4.69, 9.17) is 23.2 Å². The predicted octanol–water partition coefficient (Wildman–Crippen LogP) is 5.17. The summed E-state index contributed by atoms with van der Waals surface area (Å²) in [4.78, 5) is 27.1. The molecule has 1 N–H and O–H groups in total. The maximum absolute atomic E-state index is 13.0. The highest BCUT2D eigenvalue weighted by Gasteiger charge is 2.25. The highest BCUT2D eigenvalue weighted by atomic mass is 35.5. The fourth-order valence-electron chi connectivity index (χ4n) is 2.73. The highest BCUT2D eigenvalue weighted by molar-refractivity contribution is 7.99. The Kier molecular flexibility index (Phi) is 9.85. The van der Waals surface area contributed by atoms with E-state index in [9.17, 15) is 9.59 Å². The van der Waals surface area contributed by atoms with E-state index >= 15 is 0 Å². The van der Waals surface area contributed by atoms with Crippen molar-refractivity contribution in [1.82, 2.24) is 10.2 Å². The molecule has 2 rings (SSSR count). The molecular weight excluding hydrogens is 427 g/mol. The third-order valence-electron chi connectivity index (χ3n) is 4.39. The van der Waals surface area contributed by atoms with E-state index in [2.05, 4.69) is 5.32 Å². The second-order valence-corrected chi connectivity index (χ2v) is 8.52. The van der Waals surface area contributed by atoms with E-state index in [0.717, 1.165) is 17.5 Å². The lowest BCUT2D eigenvalue weighted by Gasteiger charge is -2.28. The molecule has 0 aliphatic rings. The number of nitrogens with one attached hydrogen (secondary N) is 1. The molecule has 0 aromatic heterocycles. The summed E-state index contributed by atoms with van der Waals surface area (Å²) < 4.78 is 0. The SMILES string of the molecule is CCCNC(=O)C(C)N(Cc1ccccc1)C(=O)CSCc1ccc(Cl)c(Cl)c1. The first-order valence-electron chi connectivity index (χ1n) is 9.55. The number of hydrogen-bond acceptors (Lipinski definition) is 3. The Labute approximate surface area is 187 Å². The van der Waals surface area contributed by atoms with Gasteiger partial charge in [0.15, 0.2) is 0 Å². The van der Waals surface area contributed by atoms with Gasteiger partial charge in [-0.05, 0) is 36.6 Å². The van der Waals surface area contributed by atoms with E-state index in [1.165, 1.54) is 11.8 Å². The van der Waals surface area contributed by atoms with Gasteiger partial charge >= 0.3 is 0 Å². The Morgan fingerprint density at radius 3 is 2.45 bits per heavy atom. The molecule has 0 heterocycles. The molecule has 0 aliphatic carbocycles. The van der Waals surface area contributed by atoms with Gasteiger partial charge in [0.1, 0.15) is 6.04 Å². The van der Waals surface area contributed by atoms with Crippen LogP contribution in [0.15, 0.2) is 48.5 Å². The standard InChI is InChI=1S/C22H26Cl2N2O2S/c1-3-11-25-22(28)16(2)26(13-17-7-5-4-6-8-17)21(27)15-29-14-18-9-10-19(23)20(24)12-18/h4-10,12,16H,3,11,13-15H2,1-2H3,(H,25,28). The predicted molar refractivity (Wildman–Crippen MR) is 122 cm³/mol. The maximum atomic E-state index is 13.0. The summed E-state index contributed by atoms with van der Waals surface area (Å²) >= 11 is 13.5. The molecule has 0 bridgehead atoms. The number of carbonyl (C=O) groups is 2.